The molecule has 0 aliphatic carbocycles. The van der Waals surface area contributed by atoms with Gasteiger partial charge >= 0.3 is 0 Å². The molecule has 52 heavy (non-hydrogen) atoms. The van der Waals surface area contributed by atoms with E-state index in [2.05, 4.69) is 38.7 Å². The molecule has 0 unspecified atom stereocenters. The average Bonchev–Trinajstić information content (AvgIpc) is 3.15. The Kier molecular flexibility index (Phi) is 8.96. The summed E-state index contributed by atoms with van der Waals surface area (Å²) in [5, 5.41) is 37.5. The summed E-state index contributed by atoms with van der Waals surface area (Å²) in [5.74, 6) is -0.653. The van der Waals surface area contributed by atoms with Crippen LogP contribution in [-0.4, -0.2) is 21.7 Å². The number of non-ortho nitro benzene ring substituents is 2. The predicted octanol–water partition coefficient (Wildman–Crippen LogP) is 9.14. The van der Waals surface area contributed by atoms with Gasteiger partial charge < -0.3 is 26.6 Å². The lowest BCUT2D eigenvalue weighted by atomic mass is 9.96. The van der Waals surface area contributed by atoms with Crippen molar-refractivity contribution in [2.75, 3.05) is 26.6 Å². The highest BCUT2D eigenvalue weighted by Gasteiger charge is 2.17. The van der Waals surface area contributed by atoms with E-state index in [0.29, 0.717) is 22.5 Å². The number of carbonyl (C=O) groups is 2. The van der Waals surface area contributed by atoms with E-state index in [0.717, 1.165) is 51.7 Å². The molecule has 13 heteroatoms. The van der Waals surface area contributed by atoms with Gasteiger partial charge in [0.2, 0.25) is 0 Å². The molecule has 1 heterocycles. The summed E-state index contributed by atoms with van der Waals surface area (Å²) in [7, 11) is 0. The van der Waals surface area contributed by atoms with E-state index in [1.807, 2.05) is 48.5 Å². The molecule has 1 aliphatic rings. The second-order valence-corrected chi connectivity index (χ2v) is 12.0. The van der Waals surface area contributed by atoms with Crippen LogP contribution in [0.25, 0.3) is 0 Å². The fraction of sp³-hybridized carbons (Fsp3) is 0.0256. The Morgan fingerprint density at radius 3 is 1.19 bits per heavy atom. The second kappa shape index (κ2) is 14.1. The van der Waals surface area contributed by atoms with E-state index in [1.54, 1.807) is 24.3 Å². The zero-order chi connectivity index (χ0) is 36.2. The van der Waals surface area contributed by atoms with Crippen molar-refractivity contribution < 1.29 is 19.4 Å². The van der Waals surface area contributed by atoms with Gasteiger partial charge in [-0.05, 0) is 108 Å². The van der Waals surface area contributed by atoms with Gasteiger partial charge in [-0.2, -0.15) is 0 Å². The van der Waals surface area contributed by atoms with Crippen molar-refractivity contribution in [3.8, 4) is 0 Å². The summed E-state index contributed by atoms with van der Waals surface area (Å²) in [4.78, 5) is 46.2. The smallest absolute Gasteiger partial charge is 0.269 e. The Morgan fingerprint density at radius 1 is 0.481 bits per heavy atom. The van der Waals surface area contributed by atoms with Crippen molar-refractivity contribution in [3.63, 3.8) is 0 Å². The molecule has 1 aliphatic heterocycles. The molecule has 0 spiro atoms. The van der Waals surface area contributed by atoms with Crippen LogP contribution in [0, 0.1) is 20.2 Å². The first-order chi connectivity index (χ1) is 25.2. The average molecular weight is 692 g/mol. The number of nitro benzene ring substituents is 2. The van der Waals surface area contributed by atoms with E-state index < -0.39 is 9.85 Å². The topological polar surface area (TPSA) is 181 Å². The number of anilines is 8. The van der Waals surface area contributed by atoms with Crippen molar-refractivity contribution in [2.24, 2.45) is 0 Å². The Bertz CT molecular complexity index is 2160. The van der Waals surface area contributed by atoms with E-state index in [9.17, 15) is 29.8 Å². The predicted molar refractivity (Wildman–Crippen MR) is 201 cm³/mol. The summed E-state index contributed by atoms with van der Waals surface area (Å²) >= 11 is 0. The van der Waals surface area contributed by atoms with Crippen LogP contribution < -0.4 is 26.6 Å². The summed E-state index contributed by atoms with van der Waals surface area (Å²) < 4.78 is 0. The molecule has 5 N–H and O–H groups in total. The standard InChI is InChI=1S/C39H29N7O6/c47-38(42-30-13-17-34(18-14-30)45(49)50)24-1-7-28(8-2-24)40-32-11-5-26-21-27-6-12-33(23-37(27)44-36(26)22-32)41-29-9-3-25(4-10-29)39(48)43-31-15-19-35(20-16-31)46(51)52/h1-20,22-23,40-41,44H,21H2,(H,42,47)(H,43,48). The van der Waals surface area contributed by atoms with Crippen LogP contribution in [0.3, 0.4) is 0 Å². The van der Waals surface area contributed by atoms with Gasteiger partial charge in [0.05, 0.1) is 9.85 Å². The zero-order valence-electron chi connectivity index (χ0n) is 27.3. The molecular weight excluding hydrogens is 662 g/mol. The number of hydrogen-bond acceptors (Lipinski definition) is 9. The van der Waals surface area contributed by atoms with Gasteiger partial charge in [-0.15, -0.1) is 0 Å². The van der Waals surface area contributed by atoms with Crippen molar-refractivity contribution in [1.29, 1.82) is 0 Å². The highest BCUT2D eigenvalue weighted by molar-refractivity contribution is 6.05. The molecule has 0 bridgehead atoms. The van der Waals surface area contributed by atoms with Crippen molar-refractivity contribution >= 4 is 68.7 Å². The molecule has 2 amide bonds. The van der Waals surface area contributed by atoms with Crippen LogP contribution >= 0.6 is 0 Å². The summed E-state index contributed by atoms with van der Waals surface area (Å²) in [5.41, 5.74) is 9.27. The lowest BCUT2D eigenvalue weighted by molar-refractivity contribution is -0.385. The Hall–Kier alpha value is -7.54. The molecule has 6 aromatic rings. The number of fused-ring (bicyclic) bond motifs is 2. The SMILES string of the molecule is O=C(Nc1ccc([N+](=O)[O-])cc1)c1ccc(Nc2ccc3c(c2)Nc2cc(Nc4ccc(C(=O)Nc5ccc([N+](=O)[O-])cc5)cc4)ccc2C3)cc1. The summed E-state index contributed by atoms with van der Waals surface area (Å²) in [6, 6.07) is 37.6. The number of rotatable bonds is 10. The Balaban J connectivity index is 0.956. The normalized spacial score (nSPS) is 11.2. The first kappa shape index (κ1) is 33.0. The molecule has 0 atom stereocenters. The van der Waals surface area contributed by atoms with E-state index >= 15 is 0 Å². The molecule has 13 nitrogen and oxygen atoms in total. The number of benzene rings is 6. The monoisotopic (exact) mass is 691 g/mol. The van der Waals surface area contributed by atoms with Crippen molar-refractivity contribution in [1.82, 2.24) is 0 Å². The van der Waals surface area contributed by atoms with Gasteiger partial charge in [0.15, 0.2) is 0 Å². The van der Waals surface area contributed by atoms with Crippen LogP contribution in [0.5, 0.6) is 0 Å². The Morgan fingerprint density at radius 2 is 0.827 bits per heavy atom. The summed E-state index contributed by atoms with van der Waals surface area (Å²) in [6.45, 7) is 0. The molecule has 0 saturated heterocycles. The maximum absolute atomic E-state index is 12.7. The fourth-order valence-corrected chi connectivity index (χ4v) is 5.68. The number of nitro groups is 2. The van der Waals surface area contributed by atoms with Crippen LogP contribution in [-0.2, 0) is 6.42 Å². The van der Waals surface area contributed by atoms with Crippen LogP contribution in [0.1, 0.15) is 31.8 Å². The van der Waals surface area contributed by atoms with Crippen LogP contribution in [0.2, 0.25) is 0 Å². The highest BCUT2D eigenvalue weighted by atomic mass is 16.6. The first-order valence-electron chi connectivity index (χ1n) is 16.1. The number of nitrogens with one attached hydrogen (secondary N) is 5. The molecule has 256 valence electrons. The quantitative estimate of drug-likeness (QED) is 0.0690. The fourth-order valence-electron chi connectivity index (χ4n) is 5.68. The lowest BCUT2D eigenvalue weighted by Gasteiger charge is -2.23. The first-order valence-corrected chi connectivity index (χ1v) is 16.1. The van der Waals surface area contributed by atoms with Gasteiger partial charge in [0.1, 0.15) is 0 Å². The van der Waals surface area contributed by atoms with E-state index in [4.69, 9.17) is 0 Å². The molecule has 7 rings (SSSR count). The van der Waals surface area contributed by atoms with Crippen molar-refractivity contribution in [2.45, 2.75) is 6.42 Å². The zero-order valence-corrected chi connectivity index (χ0v) is 27.3. The minimum atomic E-state index is -0.493. The molecule has 0 fully saturated rings. The van der Waals surface area contributed by atoms with E-state index in [-0.39, 0.29) is 23.2 Å². The molecule has 6 aromatic carbocycles. The maximum Gasteiger partial charge on any atom is 0.269 e. The third-order valence-corrected chi connectivity index (χ3v) is 8.41. The number of amides is 2. The minimum absolute atomic E-state index is 0.0504. The minimum Gasteiger partial charge on any atom is -0.355 e. The Labute approximate surface area is 296 Å². The lowest BCUT2D eigenvalue weighted by Crippen LogP contribution is -2.11. The largest absolute Gasteiger partial charge is 0.355 e. The van der Waals surface area contributed by atoms with Gasteiger partial charge in [-0.3, -0.25) is 29.8 Å². The molecular formula is C39H29N7O6. The maximum atomic E-state index is 12.7. The second-order valence-electron chi connectivity index (χ2n) is 12.0. The number of nitrogens with zero attached hydrogens (tertiary/aromatic N) is 2. The van der Waals surface area contributed by atoms with Crippen LogP contribution in [0.4, 0.5) is 56.9 Å². The van der Waals surface area contributed by atoms with Gasteiger partial charge in [-0.25, -0.2) is 0 Å². The number of carbonyl (C=O) groups excluding carboxylic acids is 2. The van der Waals surface area contributed by atoms with Crippen LogP contribution in [0.15, 0.2) is 133 Å². The third kappa shape index (κ3) is 7.53. The molecule has 0 aromatic heterocycles. The van der Waals surface area contributed by atoms with Gasteiger partial charge in [-0.1, -0.05) is 12.1 Å². The summed E-state index contributed by atoms with van der Waals surface area (Å²) in [6.07, 6.45) is 0.759. The van der Waals surface area contributed by atoms with Gasteiger partial charge in [0.25, 0.3) is 23.2 Å². The highest BCUT2D eigenvalue weighted by Crippen LogP contribution is 2.37. The number of hydrogen-bond donors (Lipinski definition) is 5. The molecule has 0 saturated carbocycles. The van der Waals surface area contributed by atoms with Gasteiger partial charge in [0, 0.05) is 87.3 Å². The third-order valence-electron chi connectivity index (χ3n) is 8.41. The van der Waals surface area contributed by atoms with E-state index in [1.165, 1.54) is 48.5 Å². The van der Waals surface area contributed by atoms with Crippen molar-refractivity contribution in [3.05, 3.63) is 176 Å². The molecule has 0 radical (unpaired) electrons.